The molecule has 2 aromatic rings. The van der Waals surface area contributed by atoms with Crippen LogP contribution in [0.1, 0.15) is 70.9 Å². The molecule has 4 rings (SSSR count). The Bertz CT molecular complexity index is 1450. The van der Waals surface area contributed by atoms with Crippen LogP contribution in [0, 0.1) is 5.92 Å². The first-order chi connectivity index (χ1) is 22.3. The van der Waals surface area contributed by atoms with Crippen molar-refractivity contribution in [1.29, 1.82) is 0 Å². The first-order valence-corrected chi connectivity index (χ1v) is 18.7. The molecule has 2 heterocycles. The van der Waals surface area contributed by atoms with E-state index >= 15 is 0 Å². The molecule has 0 saturated carbocycles. The Morgan fingerprint density at radius 3 is 2.30 bits per heavy atom. The number of amides is 3. The Balaban J connectivity index is 1.61. The molecule has 0 bridgehead atoms. The van der Waals surface area contributed by atoms with E-state index in [1.165, 1.54) is 6.92 Å². The molecule has 0 spiro atoms. The van der Waals surface area contributed by atoms with Gasteiger partial charge in [-0.15, -0.1) is 0 Å². The zero-order valence-corrected chi connectivity index (χ0v) is 29.0. The molecule has 0 radical (unpaired) electrons. The van der Waals surface area contributed by atoms with Crippen LogP contribution >= 0.6 is 0 Å². The SMILES string of the molecule is CCCS(=O)(=O)C1CNC([C@@H](O)[C@H](Cc2ccccc2)NC(=O)C(CCc2ccccc2)N2CC[C@@](CC(C)C)(NC(C)=O)C2=O)C1. The minimum Gasteiger partial charge on any atom is -0.389 e. The summed E-state index contributed by atoms with van der Waals surface area (Å²) in [5.74, 6) is -0.713. The predicted octanol–water partition coefficient (Wildman–Crippen LogP) is 2.78. The molecule has 0 aromatic heterocycles. The highest BCUT2D eigenvalue weighted by Crippen LogP contribution is 2.32. The van der Waals surface area contributed by atoms with Crippen LogP contribution in [0.15, 0.2) is 60.7 Å². The Labute approximate surface area is 280 Å². The smallest absolute Gasteiger partial charge is 0.249 e. The van der Waals surface area contributed by atoms with Crippen LogP contribution in [0.3, 0.4) is 0 Å². The first-order valence-electron chi connectivity index (χ1n) is 17.0. The second-order valence-electron chi connectivity index (χ2n) is 13.7. The Hall–Kier alpha value is -3.28. The average Bonchev–Trinajstić information content (AvgIpc) is 3.64. The zero-order chi connectivity index (χ0) is 34.2. The van der Waals surface area contributed by atoms with Gasteiger partial charge in [0.25, 0.3) is 0 Å². The van der Waals surface area contributed by atoms with Gasteiger partial charge in [0, 0.05) is 26.1 Å². The van der Waals surface area contributed by atoms with Crippen LogP contribution in [0.2, 0.25) is 0 Å². The number of carbonyl (C=O) groups is 3. The van der Waals surface area contributed by atoms with Crippen molar-refractivity contribution in [2.75, 3.05) is 18.8 Å². The molecular formula is C36H52N4O6S. The lowest BCUT2D eigenvalue weighted by atomic mass is 9.87. The van der Waals surface area contributed by atoms with Crippen LogP contribution < -0.4 is 16.0 Å². The van der Waals surface area contributed by atoms with E-state index < -0.39 is 44.9 Å². The number of benzene rings is 2. The topological polar surface area (TPSA) is 145 Å². The Morgan fingerprint density at radius 1 is 1.06 bits per heavy atom. The van der Waals surface area contributed by atoms with Gasteiger partial charge in [-0.05, 0) is 62.0 Å². The molecule has 10 nitrogen and oxygen atoms in total. The summed E-state index contributed by atoms with van der Waals surface area (Å²) >= 11 is 0. The molecule has 3 unspecified atom stereocenters. The number of likely N-dealkylation sites (tertiary alicyclic amines) is 1. The fourth-order valence-corrected chi connectivity index (χ4v) is 9.01. The zero-order valence-electron chi connectivity index (χ0n) is 28.2. The number of aliphatic hydroxyl groups excluding tert-OH is 1. The highest BCUT2D eigenvalue weighted by molar-refractivity contribution is 7.92. The molecule has 2 saturated heterocycles. The standard InChI is InChI=1S/C36H52N4O6S/c1-5-20-47(45,46)29-22-30(37-24-29)33(42)31(21-28-14-10-7-11-15-28)38-34(43)32(17-16-27-12-8-6-9-13-27)40-19-18-36(35(40)44,23-25(2)3)39-26(4)41/h6-15,25,29-33,37,42H,5,16-24H2,1-4H3,(H,38,43)(H,39,41)/t29?,30?,31-,32?,33+,36-/m0/s1. The molecule has 6 atom stereocenters. The second kappa shape index (κ2) is 16.2. The third-order valence-corrected chi connectivity index (χ3v) is 11.8. The largest absolute Gasteiger partial charge is 0.389 e. The van der Waals surface area contributed by atoms with Crippen molar-refractivity contribution < 1.29 is 27.9 Å². The van der Waals surface area contributed by atoms with E-state index in [9.17, 15) is 27.9 Å². The van der Waals surface area contributed by atoms with Gasteiger partial charge in [-0.3, -0.25) is 14.4 Å². The van der Waals surface area contributed by atoms with Gasteiger partial charge in [0.2, 0.25) is 17.7 Å². The fourth-order valence-electron chi connectivity index (χ4n) is 7.26. The van der Waals surface area contributed by atoms with Gasteiger partial charge in [0.1, 0.15) is 11.6 Å². The number of hydrogen-bond acceptors (Lipinski definition) is 7. The van der Waals surface area contributed by atoms with E-state index in [0.717, 1.165) is 11.1 Å². The Kier molecular flexibility index (Phi) is 12.6. The average molecular weight is 669 g/mol. The summed E-state index contributed by atoms with van der Waals surface area (Å²) in [6.07, 6.45) is 1.78. The van der Waals surface area contributed by atoms with Gasteiger partial charge in [0.15, 0.2) is 9.84 Å². The maximum atomic E-state index is 14.4. The molecule has 4 N–H and O–H groups in total. The molecule has 2 aliphatic heterocycles. The lowest BCUT2D eigenvalue weighted by Crippen LogP contribution is -2.59. The third kappa shape index (κ3) is 9.42. The van der Waals surface area contributed by atoms with E-state index in [2.05, 4.69) is 16.0 Å². The van der Waals surface area contributed by atoms with Crippen molar-refractivity contribution in [3.05, 3.63) is 71.8 Å². The van der Waals surface area contributed by atoms with Gasteiger partial charge < -0.3 is 26.0 Å². The van der Waals surface area contributed by atoms with E-state index in [4.69, 9.17) is 0 Å². The van der Waals surface area contributed by atoms with Crippen molar-refractivity contribution in [3.8, 4) is 0 Å². The van der Waals surface area contributed by atoms with Crippen LogP contribution in [0.25, 0.3) is 0 Å². The number of sulfone groups is 1. The molecule has 258 valence electrons. The summed E-state index contributed by atoms with van der Waals surface area (Å²) in [5.41, 5.74) is 0.855. The second-order valence-corrected chi connectivity index (χ2v) is 16.1. The number of aryl methyl sites for hydroxylation is 1. The maximum absolute atomic E-state index is 14.4. The summed E-state index contributed by atoms with van der Waals surface area (Å²) in [6.45, 7) is 7.81. The number of rotatable bonds is 16. The summed E-state index contributed by atoms with van der Waals surface area (Å²) in [5, 5.41) is 20.4. The van der Waals surface area contributed by atoms with Gasteiger partial charge in [-0.25, -0.2) is 8.42 Å². The minimum absolute atomic E-state index is 0.0933. The highest BCUT2D eigenvalue weighted by atomic mass is 32.2. The molecule has 3 amide bonds. The van der Waals surface area contributed by atoms with Crippen molar-refractivity contribution in [2.24, 2.45) is 5.92 Å². The van der Waals surface area contributed by atoms with E-state index in [1.807, 2.05) is 81.4 Å². The van der Waals surface area contributed by atoms with E-state index in [-0.39, 0.29) is 42.4 Å². The Morgan fingerprint density at radius 2 is 1.70 bits per heavy atom. The summed E-state index contributed by atoms with van der Waals surface area (Å²) in [4.78, 5) is 42.4. The van der Waals surface area contributed by atoms with Gasteiger partial charge in [0.05, 0.1) is 23.1 Å². The van der Waals surface area contributed by atoms with Crippen molar-refractivity contribution in [1.82, 2.24) is 20.9 Å². The first kappa shape index (κ1) is 36.6. The molecule has 47 heavy (non-hydrogen) atoms. The molecule has 2 fully saturated rings. The van der Waals surface area contributed by atoms with Crippen molar-refractivity contribution in [2.45, 2.75) is 108 Å². The molecule has 2 aromatic carbocycles. The maximum Gasteiger partial charge on any atom is 0.249 e. The molecular weight excluding hydrogens is 616 g/mol. The molecule has 0 aliphatic carbocycles. The molecule has 11 heteroatoms. The van der Waals surface area contributed by atoms with Crippen molar-refractivity contribution >= 4 is 27.6 Å². The number of nitrogens with one attached hydrogen (secondary N) is 3. The van der Waals surface area contributed by atoms with Crippen molar-refractivity contribution in [3.63, 3.8) is 0 Å². The van der Waals surface area contributed by atoms with E-state index in [1.54, 1.807) is 4.90 Å². The predicted molar refractivity (Wildman–Crippen MR) is 183 cm³/mol. The van der Waals surface area contributed by atoms with Gasteiger partial charge in [-0.1, -0.05) is 81.4 Å². The summed E-state index contributed by atoms with van der Waals surface area (Å²) < 4.78 is 25.7. The fraction of sp³-hybridized carbons (Fsp3) is 0.583. The van der Waals surface area contributed by atoms with Crippen LogP contribution in [0.5, 0.6) is 0 Å². The quantitative estimate of drug-likeness (QED) is 0.215. The lowest BCUT2D eigenvalue weighted by molar-refractivity contribution is -0.143. The highest BCUT2D eigenvalue weighted by Gasteiger charge is 2.51. The van der Waals surface area contributed by atoms with Crippen LogP contribution in [-0.2, 0) is 37.1 Å². The van der Waals surface area contributed by atoms with Gasteiger partial charge in [-0.2, -0.15) is 0 Å². The number of nitrogens with zero attached hydrogens (tertiary/aromatic N) is 1. The van der Waals surface area contributed by atoms with Gasteiger partial charge >= 0.3 is 0 Å². The van der Waals surface area contributed by atoms with E-state index in [0.29, 0.717) is 45.1 Å². The summed E-state index contributed by atoms with van der Waals surface area (Å²) in [6, 6.07) is 17.2. The monoisotopic (exact) mass is 668 g/mol. The normalized spacial score (nSPS) is 23.4. The molecule has 2 aliphatic rings. The number of hydrogen-bond donors (Lipinski definition) is 4. The number of aliphatic hydroxyl groups is 1. The lowest BCUT2D eigenvalue weighted by Gasteiger charge is -2.35. The number of carbonyl (C=O) groups excluding carboxylic acids is 3. The third-order valence-electron chi connectivity index (χ3n) is 9.42. The minimum atomic E-state index is -3.31. The summed E-state index contributed by atoms with van der Waals surface area (Å²) in [7, 11) is -3.31. The van der Waals surface area contributed by atoms with Crippen LogP contribution in [0.4, 0.5) is 0 Å². The van der Waals surface area contributed by atoms with Crippen LogP contribution in [-0.4, -0.2) is 90.0 Å².